The van der Waals surface area contributed by atoms with Crippen molar-refractivity contribution in [3.63, 3.8) is 0 Å². The fourth-order valence-corrected chi connectivity index (χ4v) is 2.21. The molecular formula is C10H11NS. The quantitative estimate of drug-likeness (QED) is 0.742. The van der Waals surface area contributed by atoms with Gasteiger partial charge in [0.1, 0.15) is 0 Å². The second-order valence-corrected chi connectivity index (χ2v) is 3.59. The van der Waals surface area contributed by atoms with Crippen LogP contribution in [0.2, 0.25) is 0 Å². The summed E-state index contributed by atoms with van der Waals surface area (Å²) in [6, 6.07) is 8.52. The molecule has 0 aliphatic heterocycles. The summed E-state index contributed by atoms with van der Waals surface area (Å²) >= 11 is 1.79. The normalized spacial score (nSPS) is 10.4. The molecule has 1 N–H and O–H groups in total. The molecule has 0 bridgehead atoms. The number of nitrogens with one attached hydrogen (secondary N) is 1. The highest BCUT2D eigenvalue weighted by Crippen LogP contribution is 2.28. The number of fused-ring (bicyclic) bond motifs is 1. The van der Waals surface area contributed by atoms with Gasteiger partial charge in [-0.25, -0.2) is 0 Å². The minimum atomic E-state index is 0.983. The maximum Gasteiger partial charge on any atom is 0.0574 e. The van der Waals surface area contributed by atoms with E-state index in [1.54, 1.807) is 11.3 Å². The number of hydrogen-bond acceptors (Lipinski definition) is 2. The fourth-order valence-electron chi connectivity index (χ4n) is 1.32. The van der Waals surface area contributed by atoms with Gasteiger partial charge in [0, 0.05) is 6.54 Å². The zero-order valence-electron chi connectivity index (χ0n) is 7.00. The Labute approximate surface area is 76.0 Å². The molecule has 0 fully saturated rings. The number of thiophene rings is 1. The maximum atomic E-state index is 3.35. The van der Waals surface area contributed by atoms with E-state index in [4.69, 9.17) is 0 Å². The Balaban J connectivity index is 2.57. The van der Waals surface area contributed by atoms with Gasteiger partial charge in [0.15, 0.2) is 0 Å². The third kappa shape index (κ3) is 1.18. The second kappa shape index (κ2) is 3.15. The molecule has 0 atom stereocenters. The largest absolute Gasteiger partial charge is 0.384 e. The smallest absolute Gasteiger partial charge is 0.0574 e. The molecule has 0 radical (unpaired) electrons. The van der Waals surface area contributed by atoms with E-state index >= 15 is 0 Å². The molecule has 0 spiro atoms. The average molecular weight is 177 g/mol. The third-order valence-electron chi connectivity index (χ3n) is 1.85. The number of hydrogen-bond donors (Lipinski definition) is 1. The minimum absolute atomic E-state index is 0.983. The van der Waals surface area contributed by atoms with Crippen molar-refractivity contribution in [3.8, 4) is 0 Å². The molecule has 2 heteroatoms. The Morgan fingerprint density at radius 2 is 2.25 bits per heavy atom. The molecule has 1 aromatic carbocycles. The van der Waals surface area contributed by atoms with Gasteiger partial charge >= 0.3 is 0 Å². The van der Waals surface area contributed by atoms with E-state index in [2.05, 4.69) is 41.9 Å². The van der Waals surface area contributed by atoms with Crippen molar-refractivity contribution in [1.29, 1.82) is 0 Å². The summed E-state index contributed by atoms with van der Waals surface area (Å²) in [6.07, 6.45) is 0. The topological polar surface area (TPSA) is 12.0 Å². The molecule has 2 aromatic rings. The summed E-state index contributed by atoms with van der Waals surface area (Å²) in [7, 11) is 0. The average Bonchev–Trinajstić information content (AvgIpc) is 2.53. The molecule has 0 aliphatic rings. The summed E-state index contributed by atoms with van der Waals surface area (Å²) in [5.41, 5.74) is 1.25. The Morgan fingerprint density at radius 3 is 3.08 bits per heavy atom. The van der Waals surface area contributed by atoms with Crippen LogP contribution in [0.4, 0.5) is 5.69 Å². The first-order valence-electron chi connectivity index (χ1n) is 4.12. The molecule has 2 rings (SSSR count). The van der Waals surface area contributed by atoms with Crippen molar-refractivity contribution >= 4 is 27.1 Å². The van der Waals surface area contributed by atoms with E-state index in [1.807, 2.05) is 0 Å². The number of rotatable bonds is 2. The Morgan fingerprint density at radius 1 is 1.33 bits per heavy atom. The van der Waals surface area contributed by atoms with Crippen LogP contribution in [0, 0.1) is 0 Å². The summed E-state index contributed by atoms with van der Waals surface area (Å²) in [5, 5.41) is 6.81. The van der Waals surface area contributed by atoms with Crippen molar-refractivity contribution in [1.82, 2.24) is 0 Å². The fraction of sp³-hybridized carbons (Fsp3) is 0.200. The third-order valence-corrected chi connectivity index (χ3v) is 2.81. The zero-order valence-corrected chi connectivity index (χ0v) is 7.82. The van der Waals surface area contributed by atoms with Crippen LogP contribution in [0.5, 0.6) is 0 Å². The molecule has 0 saturated heterocycles. The molecular weight excluding hydrogens is 166 g/mol. The summed E-state index contributed by atoms with van der Waals surface area (Å²) in [4.78, 5) is 0. The van der Waals surface area contributed by atoms with Crippen LogP contribution in [0.15, 0.2) is 29.6 Å². The molecule has 0 amide bonds. The van der Waals surface area contributed by atoms with Gasteiger partial charge < -0.3 is 5.32 Å². The molecule has 1 nitrogen and oxygen atoms in total. The van der Waals surface area contributed by atoms with E-state index in [-0.39, 0.29) is 0 Å². The van der Waals surface area contributed by atoms with Crippen molar-refractivity contribution in [3.05, 3.63) is 29.6 Å². The van der Waals surface area contributed by atoms with Gasteiger partial charge in [-0.1, -0.05) is 12.1 Å². The predicted octanol–water partition coefficient (Wildman–Crippen LogP) is 3.33. The molecule has 12 heavy (non-hydrogen) atoms. The Hall–Kier alpha value is -1.02. The molecule has 1 heterocycles. The summed E-state index contributed by atoms with van der Waals surface area (Å²) in [5.74, 6) is 0. The van der Waals surface area contributed by atoms with E-state index in [0.29, 0.717) is 0 Å². The van der Waals surface area contributed by atoms with Crippen LogP contribution in [-0.4, -0.2) is 6.54 Å². The lowest BCUT2D eigenvalue weighted by Gasteiger charge is -2.03. The standard InChI is InChI=1S/C10H11NS/c1-2-11-9-5-3-4-8-6-7-12-10(8)9/h3-7,11H,2H2,1H3. The summed E-state index contributed by atoms with van der Waals surface area (Å²) < 4.78 is 1.36. The molecule has 0 saturated carbocycles. The maximum absolute atomic E-state index is 3.35. The van der Waals surface area contributed by atoms with Crippen LogP contribution < -0.4 is 5.32 Å². The highest BCUT2D eigenvalue weighted by atomic mass is 32.1. The van der Waals surface area contributed by atoms with E-state index in [1.165, 1.54) is 15.8 Å². The minimum Gasteiger partial charge on any atom is -0.384 e. The van der Waals surface area contributed by atoms with E-state index < -0.39 is 0 Å². The number of benzene rings is 1. The lowest BCUT2D eigenvalue weighted by atomic mass is 10.2. The Bertz CT molecular complexity index is 378. The van der Waals surface area contributed by atoms with Crippen LogP contribution in [0.1, 0.15) is 6.92 Å². The van der Waals surface area contributed by atoms with Gasteiger partial charge in [-0.05, 0) is 29.8 Å². The molecule has 0 aliphatic carbocycles. The van der Waals surface area contributed by atoms with Crippen molar-refractivity contribution < 1.29 is 0 Å². The lowest BCUT2D eigenvalue weighted by molar-refractivity contribution is 1.22. The van der Waals surface area contributed by atoms with E-state index in [0.717, 1.165) is 6.54 Å². The first-order valence-corrected chi connectivity index (χ1v) is 5.00. The summed E-state index contributed by atoms with van der Waals surface area (Å²) in [6.45, 7) is 3.10. The van der Waals surface area contributed by atoms with Gasteiger partial charge in [-0.15, -0.1) is 11.3 Å². The van der Waals surface area contributed by atoms with Crippen LogP contribution in [0.3, 0.4) is 0 Å². The lowest BCUT2D eigenvalue weighted by Crippen LogP contribution is -1.95. The van der Waals surface area contributed by atoms with Gasteiger partial charge in [0.2, 0.25) is 0 Å². The zero-order chi connectivity index (χ0) is 8.39. The van der Waals surface area contributed by atoms with Crippen molar-refractivity contribution in [2.45, 2.75) is 6.92 Å². The van der Waals surface area contributed by atoms with Crippen LogP contribution in [-0.2, 0) is 0 Å². The molecule has 0 unspecified atom stereocenters. The van der Waals surface area contributed by atoms with Crippen molar-refractivity contribution in [2.75, 3.05) is 11.9 Å². The van der Waals surface area contributed by atoms with Crippen molar-refractivity contribution in [2.24, 2.45) is 0 Å². The van der Waals surface area contributed by atoms with Gasteiger partial charge in [0.05, 0.1) is 10.4 Å². The van der Waals surface area contributed by atoms with Gasteiger partial charge in [-0.2, -0.15) is 0 Å². The van der Waals surface area contributed by atoms with Gasteiger partial charge in [-0.3, -0.25) is 0 Å². The SMILES string of the molecule is CCNc1cccc2ccsc12. The van der Waals surface area contributed by atoms with Crippen LogP contribution in [0.25, 0.3) is 10.1 Å². The predicted molar refractivity (Wildman–Crippen MR) is 56.0 cm³/mol. The number of anilines is 1. The molecule has 1 aromatic heterocycles. The first-order chi connectivity index (χ1) is 5.92. The Kier molecular flexibility index (Phi) is 2.00. The first kappa shape index (κ1) is 7.62. The van der Waals surface area contributed by atoms with E-state index in [9.17, 15) is 0 Å². The van der Waals surface area contributed by atoms with Crippen LogP contribution >= 0.6 is 11.3 Å². The highest BCUT2D eigenvalue weighted by molar-refractivity contribution is 7.17. The monoisotopic (exact) mass is 177 g/mol. The second-order valence-electron chi connectivity index (χ2n) is 2.67. The van der Waals surface area contributed by atoms with Gasteiger partial charge in [0.25, 0.3) is 0 Å². The molecule has 62 valence electrons. The highest BCUT2D eigenvalue weighted by Gasteiger charge is 1.98.